The number of rotatable bonds is 9. The van der Waals surface area contributed by atoms with E-state index in [4.69, 9.17) is 30.5 Å². The molecule has 228 valence electrons. The highest BCUT2D eigenvalue weighted by Crippen LogP contribution is 2.72. The Bertz CT molecular complexity index is 1130. The van der Waals surface area contributed by atoms with Crippen LogP contribution in [0.4, 0.5) is 9.59 Å². The van der Waals surface area contributed by atoms with Crippen LogP contribution in [0.2, 0.25) is 0 Å². The minimum Gasteiger partial charge on any atom is -0.434 e. The number of hydrogen-bond donors (Lipinski definition) is 1. The van der Waals surface area contributed by atoms with E-state index in [0.717, 1.165) is 12.0 Å². The highest BCUT2D eigenvalue weighted by molar-refractivity contribution is 6.26. The normalized spacial score (nSPS) is 39.1. The van der Waals surface area contributed by atoms with E-state index in [9.17, 15) is 24.3 Å². The van der Waals surface area contributed by atoms with Crippen LogP contribution in [0, 0.1) is 28.6 Å². The number of halogens is 1. The van der Waals surface area contributed by atoms with Crippen LogP contribution in [0.1, 0.15) is 79.6 Å². The lowest BCUT2D eigenvalue weighted by Crippen LogP contribution is -2.69. The lowest BCUT2D eigenvalue weighted by atomic mass is 9.45. The summed E-state index contributed by atoms with van der Waals surface area (Å²) in [6, 6.07) is 0. The molecule has 0 saturated heterocycles. The predicted molar refractivity (Wildman–Crippen MR) is 150 cm³/mol. The van der Waals surface area contributed by atoms with Gasteiger partial charge in [0.15, 0.2) is 18.0 Å². The number of hydrogen-bond acceptors (Lipinski definition) is 9. The van der Waals surface area contributed by atoms with E-state index in [1.165, 1.54) is 6.08 Å². The number of carbonyl (C=O) groups excluding carboxylic acids is 4. The molecule has 1 N–H and O–H groups in total. The molecule has 0 aliphatic heterocycles. The summed E-state index contributed by atoms with van der Waals surface area (Å²) >= 11 is 7.52. The summed E-state index contributed by atoms with van der Waals surface area (Å²) in [5.74, 6) is -1.65. The zero-order valence-corrected chi connectivity index (χ0v) is 25.5. The highest BCUT2D eigenvalue weighted by atomic mass is 35.5. The lowest BCUT2D eigenvalue weighted by Gasteiger charge is -2.64. The summed E-state index contributed by atoms with van der Waals surface area (Å²) in [7, 11) is 0. The van der Waals surface area contributed by atoms with Crippen LogP contribution in [0.15, 0.2) is 23.8 Å². The molecule has 4 aliphatic rings. The second-order valence-electron chi connectivity index (χ2n) is 12.5. The van der Waals surface area contributed by atoms with Gasteiger partial charge < -0.3 is 24.1 Å². The fourth-order valence-corrected chi connectivity index (χ4v) is 8.84. The molecule has 0 amide bonds. The van der Waals surface area contributed by atoms with Gasteiger partial charge in [0.25, 0.3) is 0 Å². The first-order valence-electron chi connectivity index (χ1n) is 14.8. The molecule has 0 bridgehead atoms. The fourth-order valence-electron chi connectivity index (χ4n) is 8.32. The summed E-state index contributed by atoms with van der Waals surface area (Å²) in [5.41, 5.74) is -2.66. The molecule has 0 aromatic carbocycles. The summed E-state index contributed by atoms with van der Waals surface area (Å²) in [6.45, 7) is 9.10. The zero-order valence-electron chi connectivity index (χ0n) is 24.7. The fraction of sp³-hybridized carbons (Fsp3) is 0.742. The van der Waals surface area contributed by atoms with Crippen LogP contribution in [-0.4, -0.2) is 65.4 Å². The van der Waals surface area contributed by atoms with Crippen molar-refractivity contribution in [1.29, 1.82) is 0 Å². The SMILES string of the molecule is CCCCOC(=O)O[C@]1(C(=O)COC(=O)OCCC)[C@H](C)C[C@H]2[C@@H]3CCC4=CC(=O)C=C[C@]4(C)[C@@]3(Cl)C(O)C[C@@]21C. The first kappa shape index (κ1) is 31.5. The number of aliphatic hydroxyl groups is 1. The summed E-state index contributed by atoms with van der Waals surface area (Å²) in [4.78, 5) is 50.3. The highest BCUT2D eigenvalue weighted by Gasteiger charge is 2.76. The van der Waals surface area contributed by atoms with Gasteiger partial charge in [-0.05, 0) is 62.5 Å². The number of aliphatic hydroxyl groups excluding tert-OH is 1. The van der Waals surface area contributed by atoms with Crippen LogP contribution in [0.5, 0.6) is 0 Å². The maximum atomic E-state index is 14.1. The molecule has 8 atom stereocenters. The van der Waals surface area contributed by atoms with Crippen molar-refractivity contribution in [3.8, 4) is 0 Å². The topological polar surface area (TPSA) is 125 Å². The summed E-state index contributed by atoms with van der Waals surface area (Å²) in [5, 5.41) is 11.9. The number of ether oxygens (including phenoxy) is 4. The van der Waals surface area contributed by atoms with Gasteiger partial charge in [-0.3, -0.25) is 9.59 Å². The molecule has 41 heavy (non-hydrogen) atoms. The monoisotopic (exact) mass is 594 g/mol. The van der Waals surface area contributed by atoms with E-state index in [1.54, 1.807) is 6.08 Å². The molecule has 0 radical (unpaired) electrons. The smallest absolute Gasteiger partial charge is 0.434 e. The maximum absolute atomic E-state index is 14.1. The van der Waals surface area contributed by atoms with Crippen LogP contribution in [0.25, 0.3) is 0 Å². The number of alkyl halides is 1. The largest absolute Gasteiger partial charge is 0.509 e. The Morgan fingerprint density at radius 2 is 1.76 bits per heavy atom. The predicted octanol–water partition coefficient (Wildman–Crippen LogP) is 5.70. The third-order valence-corrected chi connectivity index (χ3v) is 11.2. The van der Waals surface area contributed by atoms with E-state index < -0.39 is 58.0 Å². The standard InChI is InChI=1S/C31H43ClO9/c1-6-8-14-39-27(37)41-31(25(35)18-40-26(36)38-13-7-2)19(3)15-23-22-10-9-20-16-21(33)11-12-28(20,4)30(22,32)24(34)17-29(23,31)5/h11-12,16,19,22-24,34H,6-10,13-15,17-18H2,1-5H3/t19-,22+,23+,24?,28+,29+,30+,31+/m1/s1. The van der Waals surface area contributed by atoms with Gasteiger partial charge in [-0.15, -0.1) is 11.6 Å². The van der Waals surface area contributed by atoms with Gasteiger partial charge in [0.1, 0.15) is 0 Å². The third-order valence-electron chi connectivity index (χ3n) is 10.3. The van der Waals surface area contributed by atoms with Gasteiger partial charge in [-0.2, -0.15) is 0 Å². The molecular weight excluding hydrogens is 552 g/mol. The van der Waals surface area contributed by atoms with Gasteiger partial charge in [-0.25, -0.2) is 9.59 Å². The van der Waals surface area contributed by atoms with Crippen molar-refractivity contribution < 1.29 is 43.2 Å². The summed E-state index contributed by atoms with van der Waals surface area (Å²) < 4.78 is 21.5. The molecule has 0 aromatic rings. The minimum atomic E-state index is -1.74. The molecule has 10 heteroatoms. The van der Waals surface area contributed by atoms with Crippen LogP contribution in [0.3, 0.4) is 0 Å². The van der Waals surface area contributed by atoms with Crippen molar-refractivity contribution in [3.05, 3.63) is 23.8 Å². The average molecular weight is 595 g/mol. The molecule has 3 fully saturated rings. The molecule has 0 spiro atoms. The van der Waals surface area contributed by atoms with Gasteiger partial charge >= 0.3 is 12.3 Å². The number of ketones is 2. The first-order valence-corrected chi connectivity index (χ1v) is 15.2. The number of carbonyl (C=O) groups is 4. The molecule has 4 aliphatic carbocycles. The Balaban J connectivity index is 1.72. The molecule has 9 nitrogen and oxygen atoms in total. The Morgan fingerprint density at radius 3 is 2.44 bits per heavy atom. The number of fused-ring (bicyclic) bond motifs is 5. The lowest BCUT2D eigenvalue weighted by molar-refractivity contribution is -0.185. The van der Waals surface area contributed by atoms with Crippen LogP contribution in [-0.2, 0) is 28.5 Å². The van der Waals surface area contributed by atoms with Crippen molar-refractivity contribution in [2.24, 2.45) is 28.6 Å². The Labute approximate surface area is 246 Å². The van der Waals surface area contributed by atoms with E-state index in [2.05, 4.69) is 0 Å². The van der Waals surface area contributed by atoms with E-state index in [-0.39, 0.29) is 37.3 Å². The van der Waals surface area contributed by atoms with Gasteiger partial charge in [0.2, 0.25) is 5.78 Å². The van der Waals surface area contributed by atoms with Crippen molar-refractivity contribution in [2.75, 3.05) is 19.8 Å². The second kappa shape index (κ2) is 11.7. The van der Waals surface area contributed by atoms with Gasteiger partial charge in [0.05, 0.1) is 24.2 Å². The first-order chi connectivity index (χ1) is 19.3. The zero-order chi connectivity index (χ0) is 30.2. The molecule has 1 unspecified atom stereocenters. The molecule has 3 saturated carbocycles. The molecule has 4 rings (SSSR count). The number of allylic oxidation sites excluding steroid dienone is 4. The Morgan fingerprint density at radius 1 is 1.05 bits per heavy atom. The van der Waals surface area contributed by atoms with Crippen molar-refractivity contribution in [3.63, 3.8) is 0 Å². The average Bonchev–Trinajstić information content (AvgIpc) is 3.14. The molecular formula is C31H43ClO9. The maximum Gasteiger partial charge on any atom is 0.509 e. The second-order valence-corrected chi connectivity index (χ2v) is 13.1. The third kappa shape index (κ3) is 4.90. The molecule has 0 heterocycles. The van der Waals surface area contributed by atoms with Crippen molar-refractivity contribution in [1.82, 2.24) is 0 Å². The van der Waals surface area contributed by atoms with E-state index in [1.807, 2.05) is 40.7 Å². The van der Waals surface area contributed by atoms with Crippen LogP contribution < -0.4 is 0 Å². The summed E-state index contributed by atoms with van der Waals surface area (Å²) in [6.07, 6.45) is 5.69. The number of Topliss-reactive ketones (excluding diaryl/α,β-unsaturated/α-hetero) is 1. The minimum absolute atomic E-state index is 0.0565. The van der Waals surface area contributed by atoms with Crippen molar-refractivity contribution >= 4 is 35.5 Å². The molecule has 0 aromatic heterocycles. The quantitative estimate of drug-likeness (QED) is 0.203. The Hall–Kier alpha value is -2.39. The number of unbranched alkanes of at least 4 members (excludes halogenated alkanes) is 1. The van der Waals surface area contributed by atoms with E-state index in [0.29, 0.717) is 32.1 Å². The van der Waals surface area contributed by atoms with Gasteiger partial charge in [0, 0.05) is 16.7 Å². The van der Waals surface area contributed by atoms with Crippen LogP contribution >= 0.6 is 11.6 Å². The Kier molecular flexibility index (Phi) is 9.01. The van der Waals surface area contributed by atoms with Crippen molar-refractivity contribution in [2.45, 2.75) is 96.1 Å². The van der Waals surface area contributed by atoms with Gasteiger partial charge in [-0.1, -0.05) is 52.7 Å². The van der Waals surface area contributed by atoms with E-state index >= 15 is 0 Å².